The first-order valence-electron chi connectivity index (χ1n) is 8.19. The zero-order valence-corrected chi connectivity index (χ0v) is 16.3. The smallest absolute Gasteiger partial charge is 0.414 e. The number of aliphatic hydroxyl groups excluding tert-OH is 2. The van der Waals surface area contributed by atoms with E-state index in [1.54, 1.807) is 29.7 Å². The number of cyclic esters (lactones) is 1. The molecule has 1 aromatic rings. The number of benzene rings is 1. The van der Waals surface area contributed by atoms with Gasteiger partial charge in [-0.1, -0.05) is 41.4 Å². The number of carbonyl (C=O) groups is 2. The van der Waals surface area contributed by atoms with Crippen LogP contribution in [0.4, 0.5) is 10.5 Å². The van der Waals surface area contributed by atoms with E-state index in [-0.39, 0.29) is 19.0 Å². The topological polar surface area (TPSA) is 99.1 Å². The number of amides is 2. The molecule has 2 amide bonds. The van der Waals surface area contributed by atoms with Crippen molar-refractivity contribution < 1.29 is 24.5 Å². The Balaban J connectivity index is 1.63. The van der Waals surface area contributed by atoms with Gasteiger partial charge in [0.05, 0.1) is 19.2 Å². The molecule has 0 bridgehead atoms. The third-order valence-corrected chi connectivity index (χ3v) is 5.60. The fraction of sp³-hybridized carbons (Fsp3) is 0.412. The number of nitrogens with zero attached hydrogens (tertiary/aromatic N) is 1. The summed E-state index contributed by atoms with van der Waals surface area (Å²) < 4.78 is 5.24. The molecule has 2 aliphatic rings. The Bertz CT molecular complexity index is 731. The zero-order valence-electron chi connectivity index (χ0n) is 14.0. The molecule has 0 radical (unpaired) electrons. The van der Waals surface area contributed by atoms with Crippen LogP contribution in [0.5, 0.6) is 0 Å². The fourth-order valence-corrected chi connectivity index (χ4v) is 3.80. The van der Waals surface area contributed by atoms with Gasteiger partial charge in [0.2, 0.25) is 0 Å². The van der Waals surface area contributed by atoms with Gasteiger partial charge in [0.25, 0.3) is 5.91 Å². The molecule has 3 N–H and O–H groups in total. The summed E-state index contributed by atoms with van der Waals surface area (Å²) in [5.74, 6) is -0.862. The highest BCUT2D eigenvalue weighted by Gasteiger charge is 2.33. The maximum atomic E-state index is 12.1. The Kier molecular flexibility index (Phi) is 6.54. The first-order chi connectivity index (χ1) is 12.9. The van der Waals surface area contributed by atoms with Crippen LogP contribution >= 0.6 is 35.0 Å². The van der Waals surface area contributed by atoms with Crippen LogP contribution in [0.2, 0.25) is 0 Å². The van der Waals surface area contributed by atoms with Crippen molar-refractivity contribution in [2.45, 2.75) is 28.4 Å². The quantitative estimate of drug-likeness (QED) is 0.615. The van der Waals surface area contributed by atoms with Crippen molar-refractivity contribution in [3.63, 3.8) is 0 Å². The number of thioether (sulfide) groups is 1. The minimum atomic E-state index is -1.17. The minimum absolute atomic E-state index is 0.115. The van der Waals surface area contributed by atoms with Gasteiger partial charge in [0.15, 0.2) is 4.84 Å². The first-order valence-corrected chi connectivity index (χ1v) is 10.0. The maximum absolute atomic E-state index is 12.1. The number of nitrogens with one attached hydrogen (secondary N) is 1. The van der Waals surface area contributed by atoms with E-state index in [0.717, 1.165) is 5.56 Å². The second-order valence-corrected chi connectivity index (χ2v) is 8.25. The molecule has 1 aromatic carbocycles. The molecule has 0 spiro atoms. The SMILES string of the molecule is O=C(NC[C@H]1CN(c2ccc(C3C=CSC(O)C3O)cc2)C(=O)O1)C(Cl)Cl. The molecule has 0 aliphatic carbocycles. The molecule has 2 heterocycles. The molecule has 1 saturated heterocycles. The molecule has 27 heavy (non-hydrogen) atoms. The molecule has 7 nitrogen and oxygen atoms in total. The van der Waals surface area contributed by atoms with E-state index in [1.807, 2.05) is 6.08 Å². The molecular weight excluding hydrogens is 415 g/mol. The summed E-state index contributed by atoms with van der Waals surface area (Å²) in [6, 6.07) is 7.09. The van der Waals surface area contributed by atoms with Gasteiger partial charge in [0.1, 0.15) is 11.5 Å². The molecule has 0 saturated carbocycles. The number of rotatable bonds is 5. The normalized spacial score (nSPS) is 27.7. The Morgan fingerprint density at radius 3 is 2.70 bits per heavy atom. The van der Waals surface area contributed by atoms with E-state index in [0.29, 0.717) is 5.69 Å². The molecule has 4 atom stereocenters. The maximum Gasteiger partial charge on any atom is 0.414 e. The van der Waals surface area contributed by atoms with Gasteiger partial charge in [0, 0.05) is 11.6 Å². The summed E-state index contributed by atoms with van der Waals surface area (Å²) in [7, 11) is 0. The van der Waals surface area contributed by atoms with Crippen molar-refractivity contribution in [2.75, 3.05) is 18.0 Å². The number of aliphatic hydroxyl groups is 2. The van der Waals surface area contributed by atoms with Crippen LogP contribution in [-0.4, -0.2) is 57.8 Å². The summed E-state index contributed by atoms with van der Waals surface area (Å²) in [5, 5.41) is 24.2. The number of ether oxygens (including phenoxy) is 1. The van der Waals surface area contributed by atoms with Gasteiger partial charge in [-0.15, -0.1) is 11.8 Å². The van der Waals surface area contributed by atoms with Gasteiger partial charge in [-0.2, -0.15) is 0 Å². The number of hydrogen-bond acceptors (Lipinski definition) is 6. The van der Waals surface area contributed by atoms with E-state index in [2.05, 4.69) is 5.32 Å². The molecule has 146 valence electrons. The minimum Gasteiger partial charge on any atom is -0.442 e. The highest BCUT2D eigenvalue weighted by atomic mass is 35.5. The Labute approximate surface area is 170 Å². The average molecular weight is 433 g/mol. The van der Waals surface area contributed by atoms with Crippen molar-refractivity contribution >= 4 is 52.7 Å². The largest absolute Gasteiger partial charge is 0.442 e. The molecule has 2 aliphatic heterocycles. The van der Waals surface area contributed by atoms with E-state index < -0.39 is 34.5 Å². The predicted octanol–water partition coefficient (Wildman–Crippen LogP) is 1.96. The van der Waals surface area contributed by atoms with E-state index in [9.17, 15) is 19.8 Å². The summed E-state index contributed by atoms with van der Waals surface area (Å²) in [6.45, 7) is 0.388. The van der Waals surface area contributed by atoms with Gasteiger partial charge < -0.3 is 20.3 Å². The van der Waals surface area contributed by atoms with Crippen LogP contribution in [0, 0.1) is 0 Å². The Morgan fingerprint density at radius 1 is 1.33 bits per heavy atom. The van der Waals surface area contributed by atoms with Gasteiger partial charge >= 0.3 is 6.09 Å². The summed E-state index contributed by atoms with van der Waals surface area (Å²) in [4.78, 5) is 23.8. The molecule has 10 heteroatoms. The fourth-order valence-electron chi connectivity index (χ4n) is 2.90. The van der Waals surface area contributed by atoms with Gasteiger partial charge in [-0.05, 0) is 23.1 Å². The van der Waals surface area contributed by atoms with Crippen molar-refractivity contribution in [3.05, 3.63) is 41.3 Å². The zero-order chi connectivity index (χ0) is 19.6. The van der Waals surface area contributed by atoms with Crippen LogP contribution in [0.25, 0.3) is 0 Å². The summed E-state index contributed by atoms with van der Waals surface area (Å²) in [5.41, 5.74) is 0.590. The second kappa shape index (κ2) is 8.70. The summed E-state index contributed by atoms with van der Waals surface area (Å²) in [6.07, 6.45) is -0.0903. The van der Waals surface area contributed by atoms with Crippen LogP contribution in [0.3, 0.4) is 0 Å². The number of alkyl halides is 2. The lowest BCUT2D eigenvalue weighted by molar-refractivity contribution is -0.119. The van der Waals surface area contributed by atoms with Crippen LogP contribution in [-0.2, 0) is 9.53 Å². The van der Waals surface area contributed by atoms with E-state index in [1.165, 1.54) is 16.7 Å². The van der Waals surface area contributed by atoms with Crippen LogP contribution in [0.1, 0.15) is 11.5 Å². The number of anilines is 1. The number of hydrogen-bond donors (Lipinski definition) is 3. The van der Waals surface area contributed by atoms with Crippen molar-refractivity contribution in [1.82, 2.24) is 5.32 Å². The highest BCUT2D eigenvalue weighted by molar-refractivity contribution is 8.02. The summed E-state index contributed by atoms with van der Waals surface area (Å²) >= 11 is 12.1. The number of halogens is 2. The number of carbonyl (C=O) groups excluding carboxylic acids is 2. The van der Waals surface area contributed by atoms with Crippen LogP contribution < -0.4 is 10.2 Å². The standard InChI is InChI=1S/C17H18Cl2N2O5S/c18-14(19)15(23)20-7-11-8-21(17(25)26-11)10-3-1-9(2-4-10)12-5-6-27-16(24)13(12)22/h1-6,11-14,16,22,24H,7-8H2,(H,20,23)/t11-,12?,13?,16?/m0/s1. The monoisotopic (exact) mass is 432 g/mol. The third-order valence-electron chi connectivity index (χ3n) is 4.33. The molecule has 1 fully saturated rings. The van der Waals surface area contributed by atoms with Crippen LogP contribution in [0.15, 0.2) is 35.7 Å². The molecule has 0 aromatic heterocycles. The van der Waals surface area contributed by atoms with E-state index in [4.69, 9.17) is 27.9 Å². The Hall–Kier alpha value is -1.45. The van der Waals surface area contributed by atoms with E-state index >= 15 is 0 Å². The lowest BCUT2D eigenvalue weighted by atomic mass is 9.93. The van der Waals surface area contributed by atoms with Gasteiger partial charge in [-0.25, -0.2) is 4.79 Å². The Morgan fingerprint density at radius 2 is 2.04 bits per heavy atom. The third kappa shape index (κ3) is 4.70. The second-order valence-electron chi connectivity index (χ2n) is 6.13. The lowest BCUT2D eigenvalue weighted by Gasteiger charge is -2.27. The average Bonchev–Trinajstić information content (AvgIpc) is 3.03. The van der Waals surface area contributed by atoms with Crippen molar-refractivity contribution in [2.24, 2.45) is 0 Å². The molecule has 3 unspecified atom stereocenters. The lowest BCUT2D eigenvalue weighted by Crippen LogP contribution is -2.37. The highest BCUT2D eigenvalue weighted by Crippen LogP contribution is 2.34. The van der Waals surface area contributed by atoms with Crippen molar-refractivity contribution in [1.29, 1.82) is 0 Å². The first kappa shape index (κ1) is 20.3. The molecular formula is C17H18Cl2N2O5S. The van der Waals surface area contributed by atoms with Gasteiger partial charge in [-0.3, -0.25) is 9.69 Å². The predicted molar refractivity (Wildman–Crippen MR) is 104 cm³/mol. The molecule has 3 rings (SSSR count). The van der Waals surface area contributed by atoms with Crippen molar-refractivity contribution in [3.8, 4) is 0 Å².